The molecule has 0 aliphatic carbocycles. The highest BCUT2D eigenvalue weighted by Gasteiger charge is 2.24. The van der Waals surface area contributed by atoms with Crippen molar-refractivity contribution in [2.45, 2.75) is 46.5 Å². The van der Waals surface area contributed by atoms with Gasteiger partial charge in [-0.2, -0.15) is 0 Å². The lowest BCUT2D eigenvalue weighted by Gasteiger charge is -2.35. The van der Waals surface area contributed by atoms with Crippen LogP contribution in [0.3, 0.4) is 0 Å². The SMILES string of the molecule is CC[N+](CC)(CC)CCCCCCSC1=CC(=CC=CC=Cc2nc3ncc(Br)cc3s2)c2ccccc2N1c1ccccc1. The lowest BCUT2D eigenvalue weighted by Crippen LogP contribution is -2.48. The van der Waals surface area contributed by atoms with Crippen LogP contribution in [0.2, 0.25) is 0 Å². The molecule has 0 unspecified atom stereocenters. The van der Waals surface area contributed by atoms with Crippen molar-refractivity contribution in [3.05, 3.63) is 117 Å². The second kappa shape index (κ2) is 16.5. The van der Waals surface area contributed by atoms with Gasteiger partial charge in [0.1, 0.15) is 5.01 Å². The molecule has 0 saturated heterocycles. The van der Waals surface area contributed by atoms with Gasteiger partial charge in [0.2, 0.25) is 0 Å². The second-order valence-electron chi connectivity index (χ2n) is 11.3. The molecule has 45 heavy (non-hydrogen) atoms. The molecule has 7 heteroatoms. The van der Waals surface area contributed by atoms with E-state index in [-0.39, 0.29) is 0 Å². The van der Waals surface area contributed by atoms with Gasteiger partial charge >= 0.3 is 0 Å². The van der Waals surface area contributed by atoms with E-state index < -0.39 is 0 Å². The van der Waals surface area contributed by atoms with E-state index in [0.29, 0.717) is 0 Å². The summed E-state index contributed by atoms with van der Waals surface area (Å²) < 4.78 is 3.31. The Morgan fingerprint density at radius 2 is 1.64 bits per heavy atom. The van der Waals surface area contributed by atoms with Crippen LogP contribution in [0.25, 0.3) is 22.0 Å². The van der Waals surface area contributed by atoms with E-state index in [9.17, 15) is 0 Å². The summed E-state index contributed by atoms with van der Waals surface area (Å²) in [5, 5.41) is 2.23. The number of thioether (sulfide) groups is 1. The first kappa shape index (κ1) is 33.4. The summed E-state index contributed by atoms with van der Waals surface area (Å²) in [5.41, 5.74) is 5.69. The number of hydrogen-bond acceptors (Lipinski definition) is 5. The maximum atomic E-state index is 4.62. The van der Waals surface area contributed by atoms with Crippen LogP contribution in [0.4, 0.5) is 11.4 Å². The molecule has 0 spiro atoms. The molecule has 2 aromatic heterocycles. The van der Waals surface area contributed by atoms with E-state index in [4.69, 9.17) is 0 Å². The van der Waals surface area contributed by atoms with Gasteiger partial charge in [0, 0.05) is 21.9 Å². The van der Waals surface area contributed by atoms with Gasteiger partial charge in [0.05, 0.1) is 41.6 Å². The van der Waals surface area contributed by atoms with Crippen LogP contribution >= 0.6 is 39.0 Å². The number of nitrogens with zero attached hydrogens (tertiary/aromatic N) is 4. The minimum absolute atomic E-state index is 0.789. The second-order valence-corrected chi connectivity index (χ2v) is 14.4. The molecule has 0 saturated carbocycles. The van der Waals surface area contributed by atoms with Crippen LogP contribution in [-0.2, 0) is 0 Å². The first-order valence-corrected chi connectivity index (χ1v) is 18.8. The van der Waals surface area contributed by atoms with Crippen LogP contribution in [0, 0.1) is 0 Å². The van der Waals surface area contributed by atoms with Crippen molar-refractivity contribution < 1.29 is 4.48 Å². The van der Waals surface area contributed by atoms with Crippen molar-refractivity contribution in [1.82, 2.24) is 9.97 Å². The third-order valence-corrected chi connectivity index (χ3v) is 11.2. The Morgan fingerprint density at radius 3 is 2.44 bits per heavy atom. The van der Waals surface area contributed by atoms with Gasteiger partial charge in [-0.15, -0.1) is 23.1 Å². The topological polar surface area (TPSA) is 29.0 Å². The fraction of sp³-hybridized carbons (Fsp3) is 0.316. The monoisotopic (exact) mass is 699 g/mol. The molecule has 0 atom stereocenters. The molecule has 0 amide bonds. The minimum atomic E-state index is 0.789. The highest BCUT2D eigenvalue weighted by Crippen LogP contribution is 2.44. The quantitative estimate of drug-likeness (QED) is 0.0701. The standard InChI is InChI=1S/C38H44BrN4S2/c1-4-43(5-2,6-3)25-17-7-8-18-26-44-37-27-30(33-22-15-16-23-34(33)42(37)32-20-12-10-13-21-32)19-11-9-14-24-36-41-38-35(45-36)28-31(39)29-40-38/h9-16,19-24,27-29H,4-8,17-18,25-26H2,1-3H3/q+1. The van der Waals surface area contributed by atoms with Crippen LogP contribution in [0.1, 0.15) is 57.0 Å². The number of aromatic nitrogens is 2. The number of rotatable bonds is 15. The summed E-state index contributed by atoms with van der Waals surface area (Å²) in [7, 11) is 0. The number of quaternary nitrogens is 1. The Kier molecular flexibility index (Phi) is 12.3. The summed E-state index contributed by atoms with van der Waals surface area (Å²) in [6.07, 6.45) is 19.9. The van der Waals surface area contributed by atoms with Gasteiger partial charge in [0.25, 0.3) is 0 Å². The van der Waals surface area contributed by atoms with Crippen molar-refractivity contribution in [2.24, 2.45) is 0 Å². The lowest BCUT2D eigenvalue weighted by atomic mass is 9.99. The predicted molar refractivity (Wildman–Crippen MR) is 202 cm³/mol. The van der Waals surface area contributed by atoms with E-state index in [0.717, 1.165) is 25.6 Å². The van der Waals surface area contributed by atoms with Crippen LogP contribution in [-0.4, -0.2) is 46.4 Å². The average Bonchev–Trinajstić information content (AvgIpc) is 3.48. The van der Waals surface area contributed by atoms with Crippen molar-refractivity contribution >= 4 is 72.4 Å². The fourth-order valence-corrected chi connectivity index (χ4v) is 8.33. The minimum Gasteiger partial charge on any atom is -0.324 e. The fourth-order valence-electron chi connectivity index (χ4n) is 5.86. The summed E-state index contributed by atoms with van der Waals surface area (Å²) in [5.74, 6) is 1.12. The van der Waals surface area contributed by atoms with Crippen molar-refractivity contribution in [3.8, 4) is 0 Å². The number of thiazole rings is 1. The maximum Gasteiger partial charge on any atom is 0.170 e. The van der Waals surface area contributed by atoms with Gasteiger partial charge in [-0.1, -0.05) is 67.1 Å². The first-order valence-electron chi connectivity index (χ1n) is 16.2. The molecule has 0 bridgehead atoms. The van der Waals surface area contributed by atoms with Gasteiger partial charge < -0.3 is 9.38 Å². The van der Waals surface area contributed by atoms with Gasteiger partial charge in [-0.25, -0.2) is 9.97 Å². The zero-order chi connectivity index (χ0) is 31.5. The van der Waals surface area contributed by atoms with E-state index in [2.05, 4.69) is 143 Å². The Hall–Kier alpha value is -2.97. The van der Waals surface area contributed by atoms with Gasteiger partial charge in [0.15, 0.2) is 5.65 Å². The Morgan fingerprint density at radius 1 is 0.889 bits per heavy atom. The number of allylic oxidation sites excluding steroid dienone is 6. The molecule has 4 nitrogen and oxygen atoms in total. The number of anilines is 2. The number of pyridine rings is 1. The Labute approximate surface area is 286 Å². The van der Waals surface area contributed by atoms with Crippen LogP contribution in [0.15, 0.2) is 107 Å². The van der Waals surface area contributed by atoms with Crippen molar-refractivity contribution in [1.29, 1.82) is 0 Å². The number of hydrogen-bond donors (Lipinski definition) is 0. The smallest absolute Gasteiger partial charge is 0.170 e. The molecule has 1 aliphatic heterocycles. The number of fused-ring (bicyclic) bond motifs is 2. The number of para-hydroxylation sites is 2. The zero-order valence-corrected chi connectivity index (χ0v) is 29.9. The molecule has 1 aliphatic rings. The Balaban J connectivity index is 1.28. The molecule has 234 valence electrons. The van der Waals surface area contributed by atoms with Gasteiger partial charge in [-0.3, -0.25) is 0 Å². The van der Waals surface area contributed by atoms with E-state index in [1.807, 2.05) is 17.8 Å². The lowest BCUT2D eigenvalue weighted by molar-refractivity contribution is -0.923. The number of benzene rings is 2. The van der Waals surface area contributed by atoms with Crippen LogP contribution < -0.4 is 4.90 Å². The summed E-state index contributed by atoms with van der Waals surface area (Å²) in [4.78, 5) is 11.5. The molecular weight excluding hydrogens is 656 g/mol. The van der Waals surface area contributed by atoms with E-state index in [1.54, 1.807) is 17.5 Å². The normalized spacial score (nSPS) is 14.6. The number of halogens is 1. The largest absolute Gasteiger partial charge is 0.324 e. The van der Waals surface area contributed by atoms with Crippen LogP contribution in [0.5, 0.6) is 0 Å². The maximum absolute atomic E-state index is 4.62. The average molecular weight is 701 g/mol. The third kappa shape index (κ3) is 8.64. The number of unbranched alkanes of at least 4 members (excludes halogenated alkanes) is 3. The molecule has 0 N–H and O–H groups in total. The molecule has 5 rings (SSSR count). The molecular formula is C38H44BrN4S2+. The molecule has 2 aromatic carbocycles. The molecule has 0 fully saturated rings. The summed E-state index contributed by atoms with van der Waals surface area (Å²) in [6.45, 7) is 12.1. The van der Waals surface area contributed by atoms with E-state index >= 15 is 0 Å². The highest BCUT2D eigenvalue weighted by atomic mass is 79.9. The summed E-state index contributed by atoms with van der Waals surface area (Å²) >= 11 is 7.12. The predicted octanol–water partition coefficient (Wildman–Crippen LogP) is 11.3. The highest BCUT2D eigenvalue weighted by molar-refractivity contribution is 9.10. The summed E-state index contributed by atoms with van der Waals surface area (Å²) in [6, 6.07) is 21.6. The first-order chi connectivity index (χ1) is 22.1. The van der Waals surface area contributed by atoms with Crippen molar-refractivity contribution in [3.63, 3.8) is 0 Å². The Bertz CT molecular complexity index is 1660. The molecule has 4 aromatic rings. The van der Waals surface area contributed by atoms with Crippen molar-refractivity contribution in [2.75, 3.05) is 36.8 Å². The van der Waals surface area contributed by atoms with E-state index in [1.165, 1.54) is 83.9 Å². The zero-order valence-electron chi connectivity index (χ0n) is 26.7. The third-order valence-electron chi connectivity index (χ3n) is 8.73. The molecule has 3 heterocycles. The van der Waals surface area contributed by atoms with Gasteiger partial charge in [-0.05, 0) is 104 Å². The molecule has 0 radical (unpaired) electrons.